The van der Waals surface area contributed by atoms with Gasteiger partial charge in [-0.2, -0.15) is 0 Å². The van der Waals surface area contributed by atoms with Gasteiger partial charge in [-0.1, -0.05) is 20.4 Å². The Morgan fingerprint density at radius 3 is 2.65 bits per heavy atom. The van der Waals surface area contributed by atoms with Crippen molar-refractivity contribution in [2.75, 3.05) is 32.8 Å². The summed E-state index contributed by atoms with van der Waals surface area (Å²) in [5, 5.41) is 2.90. The van der Waals surface area contributed by atoms with Crippen LogP contribution in [0.3, 0.4) is 0 Å². The second-order valence-corrected chi connectivity index (χ2v) is 5.60. The fraction of sp³-hybridized carbons (Fsp3) is 0.769. The molecule has 2 rings (SSSR count). The highest BCUT2D eigenvalue weighted by molar-refractivity contribution is 5.93. The third kappa shape index (κ3) is 2.53. The van der Waals surface area contributed by atoms with Gasteiger partial charge in [-0.25, -0.2) is 0 Å². The van der Waals surface area contributed by atoms with Gasteiger partial charge in [0.1, 0.15) is 0 Å². The Labute approximate surface area is 103 Å². The lowest BCUT2D eigenvalue weighted by Gasteiger charge is -2.57. The molecule has 4 nitrogen and oxygen atoms in total. The van der Waals surface area contributed by atoms with Gasteiger partial charge < -0.3 is 10.1 Å². The van der Waals surface area contributed by atoms with Crippen LogP contribution in [-0.4, -0.2) is 49.2 Å². The molecular formula is C13H22N2O2. The van der Waals surface area contributed by atoms with Gasteiger partial charge in [0.2, 0.25) is 5.91 Å². The standard InChI is InChI=1S/C13H22N2O2/c1-10(2)6-14-12(16)11(3)7-15-5-4-13(15)8-17-9-13/h10H,3-9H2,1-2H3,(H,14,16). The van der Waals surface area contributed by atoms with Crippen LogP contribution >= 0.6 is 0 Å². The van der Waals surface area contributed by atoms with Crippen LogP contribution in [0.2, 0.25) is 0 Å². The molecule has 0 aromatic heterocycles. The number of hydrogen-bond acceptors (Lipinski definition) is 3. The summed E-state index contributed by atoms with van der Waals surface area (Å²) in [5.41, 5.74) is 0.901. The molecule has 0 aliphatic carbocycles. The van der Waals surface area contributed by atoms with E-state index < -0.39 is 0 Å². The third-order valence-electron chi connectivity index (χ3n) is 3.63. The summed E-state index contributed by atoms with van der Waals surface area (Å²) in [7, 11) is 0. The molecule has 1 N–H and O–H groups in total. The van der Waals surface area contributed by atoms with Crippen LogP contribution < -0.4 is 5.32 Å². The van der Waals surface area contributed by atoms with E-state index in [1.807, 2.05) is 0 Å². The van der Waals surface area contributed by atoms with Gasteiger partial charge >= 0.3 is 0 Å². The number of ether oxygens (including phenoxy) is 1. The first-order valence-corrected chi connectivity index (χ1v) is 6.32. The van der Waals surface area contributed by atoms with E-state index in [0.717, 1.165) is 19.8 Å². The molecule has 0 unspecified atom stereocenters. The highest BCUT2D eigenvalue weighted by Gasteiger charge is 2.50. The van der Waals surface area contributed by atoms with Gasteiger partial charge in [0.25, 0.3) is 0 Å². The minimum atomic E-state index is -0.0130. The highest BCUT2D eigenvalue weighted by atomic mass is 16.5. The number of carbonyl (C=O) groups excluding carboxylic acids is 1. The molecule has 0 aromatic carbocycles. The fourth-order valence-electron chi connectivity index (χ4n) is 2.22. The summed E-state index contributed by atoms with van der Waals surface area (Å²) < 4.78 is 5.26. The van der Waals surface area contributed by atoms with Gasteiger partial charge in [0, 0.05) is 25.2 Å². The fourth-order valence-corrected chi connectivity index (χ4v) is 2.22. The van der Waals surface area contributed by atoms with Crippen molar-refractivity contribution in [3.63, 3.8) is 0 Å². The van der Waals surface area contributed by atoms with Crippen LogP contribution in [0, 0.1) is 5.92 Å². The maximum Gasteiger partial charge on any atom is 0.247 e. The van der Waals surface area contributed by atoms with E-state index in [-0.39, 0.29) is 11.4 Å². The summed E-state index contributed by atoms with van der Waals surface area (Å²) in [4.78, 5) is 14.1. The topological polar surface area (TPSA) is 41.6 Å². The average Bonchev–Trinajstić information content (AvgIpc) is 2.18. The molecule has 1 amide bonds. The van der Waals surface area contributed by atoms with Crippen molar-refractivity contribution >= 4 is 5.91 Å². The molecule has 0 saturated carbocycles. The van der Waals surface area contributed by atoms with Crippen molar-refractivity contribution in [1.29, 1.82) is 0 Å². The molecule has 0 atom stereocenters. The maximum absolute atomic E-state index is 11.8. The summed E-state index contributed by atoms with van der Waals surface area (Å²) >= 11 is 0. The Hall–Kier alpha value is -0.870. The molecule has 0 radical (unpaired) electrons. The van der Waals surface area contributed by atoms with Crippen molar-refractivity contribution in [3.05, 3.63) is 12.2 Å². The molecule has 0 aromatic rings. The van der Waals surface area contributed by atoms with Crippen molar-refractivity contribution in [2.45, 2.75) is 25.8 Å². The Kier molecular flexibility index (Phi) is 3.54. The monoisotopic (exact) mass is 238 g/mol. The lowest BCUT2D eigenvalue weighted by Crippen LogP contribution is -2.71. The Balaban J connectivity index is 1.75. The molecular weight excluding hydrogens is 216 g/mol. The second kappa shape index (κ2) is 4.78. The smallest absolute Gasteiger partial charge is 0.247 e. The van der Waals surface area contributed by atoms with E-state index in [1.165, 1.54) is 6.42 Å². The number of nitrogens with zero attached hydrogens (tertiary/aromatic N) is 1. The summed E-state index contributed by atoms with van der Waals surface area (Å²) in [6.07, 6.45) is 1.19. The molecule has 4 heteroatoms. The van der Waals surface area contributed by atoms with Crippen LogP contribution in [0.4, 0.5) is 0 Å². The summed E-state index contributed by atoms with van der Waals surface area (Å²) in [5.74, 6) is 0.461. The summed E-state index contributed by atoms with van der Waals surface area (Å²) in [6.45, 7) is 12.1. The van der Waals surface area contributed by atoms with E-state index in [9.17, 15) is 4.79 Å². The molecule has 17 heavy (non-hydrogen) atoms. The van der Waals surface area contributed by atoms with Crippen LogP contribution in [0.5, 0.6) is 0 Å². The molecule has 2 aliphatic heterocycles. The molecule has 96 valence electrons. The van der Waals surface area contributed by atoms with Crippen LogP contribution in [-0.2, 0) is 9.53 Å². The van der Waals surface area contributed by atoms with Crippen LogP contribution in [0.1, 0.15) is 20.3 Å². The largest absolute Gasteiger partial charge is 0.377 e. The summed E-state index contributed by atoms with van der Waals surface area (Å²) in [6, 6.07) is 0. The Morgan fingerprint density at radius 2 is 2.24 bits per heavy atom. The first-order valence-electron chi connectivity index (χ1n) is 6.32. The van der Waals surface area contributed by atoms with E-state index in [1.54, 1.807) is 0 Å². The normalized spacial score (nSPS) is 22.1. The number of carbonyl (C=O) groups is 1. The van der Waals surface area contributed by atoms with Crippen molar-refractivity contribution < 1.29 is 9.53 Å². The second-order valence-electron chi connectivity index (χ2n) is 5.60. The van der Waals surface area contributed by atoms with Gasteiger partial charge in [-0.05, 0) is 12.3 Å². The van der Waals surface area contributed by atoms with Crippen molar-refractivity contribution in [3.8, 4) is 0 Å². The van der Waals surface area contributed by atoms with Gasteiger partial charge in [0.15, 0.2) is 0 Å². The van der Waals surface area contributed by atoms with Crippen molar-refractivity contribution in [1.82, 2.24) is 10.2 Å². The number of hydrogen-bond donors (Lipinski definition) is 1. The minimum Gasteiger partial charge on any atom is -0.377 e. The molecule has 2 heterocycles. The first-order chi connectivity index (χ1) is 8.03. The number of likely N-dealkylation sites (tertiary alicyclic amines) is 1. The van der Waals surface area contributed by atoms with E-state index >= 15 is 0 Å². The molecule has 2 aliphatic rings. The van der Waals surface area contributed by atoms with Gasteiger partial charge in [0.05, 0.1) is 18.8 Å². The van der Waals surface area contributed by atoms with Gasteiger partial charge in [-0.3, -0.25) is 9.69 Å². The predicted octanol–water partition coefficient (Wildman–Crippen LogP) is 0.789. The number of amides is 1. The molecule has 2 saturated heterocycles. The first kappa shape index (κ1) is 12.6. The molecule has 2 fully saturated rings. The van der Waals surface area contributed by atoms with E-state index in [2.05, 4.69) is 30.6 Å². The third-order valence-corrected chi connectivity index (χ3v) is 3.63. The quantitative estimate of drug-likeness (QED) is 0.720. The zero-order chi connectivity index (χ0) is 12.5. The van der Waals surface area contributed by atoms with Gasteiger partial charge in [-0.15, -0.1) is 0 Å². The highest BCUT2D eigenvalue weighted by Crippen LogP contribution is 2.37. The Morgan fingerprint density at radius 1 is 1.53 bits per heavy atom. The van der Waals surface area contributed by atoms with Crippen molar-refractivity contribution in [2.24, 2.45) is 5.92 Å². The minimum absolute atomic E-state index is 0.0130. The number of nitrogens with one attached hydrogen (secondary N) is 1. The lowest BCUT2D eigenvalue weighted by atomic mass is 9.82. The zero-order valence-electron chi connectivity index (χ0n) is 10.8. The molecule has 1 spiro atoms. The maximum atomic E-state index is 11.8. The molecule has 0 bridgehead atoms. The van der Waals surface area contributed by atoms with Crippen LogP contribution in [0.15, 0.2) is 12.2 Å². The van der Waals surface area contributed by atoms with Crippen LogP contribution in [0.25, 0.3) is 0 Å². The predicted molar refractivity (Wildman–Crippen MR) is 66.7 cm³/mol. The average molecular weight is 238 g/mol. The lowest BCUT2D eigenvalue weighted by molar-refractivity contribution is -0.189. The van der Waals surface area contributed by atoms with E-state index in [4.69, 9.17) is 4.74 Å². The van der Waals surface area contributed by atoms with E-state index in [0.29, 0.717) is 24.6 Å². The SMILES string of the molecule is C=C(CN1CCC12COC2)C(=O)NCC(C)C. The Bertz CT molecular complexity index is 316. The zero-order valence-corrected chi connectivity index (χ0v) is 10.8. The number of rotatable bonds is 5.